The summed E-state index contributed by atoms with van der Waals surface area (Å²) < 4.78 is 33.9. The lowest BCUT2D eigenvalue weighted by molar-refractivity contribution is -0.870. The Morgan fingerprint density at radius 3 is 1.35 bits per heavy atom. The molecule has 0 N–H and O–H groups in total. The second-order valence-corrected chi connectivity index (χ2v) is 18.2. The number of phosphoric acid groups is 1. The van der Waals surface area contributed by atoms with Crippen molar-refractivity contribution in [3.8, 4) is 0 Å². The summed E-state index contributed by atoms with van der Waals surface area (Å²) in [4.78, 5) is 37.5. The second kappa shape index (κ2) is 38.3. The molecule has 0 fully saturated rings. The van der Waals surface area contributed by atoms with Gasteiger partial charge in [-0.25, -0.2) is 0 Å². The predicted octanol–water partition coefficient (Wildman–Crippen LogP) is 12.3. The van der Waals surface area contributed by atoms with E-state index in [1.165, 1.54) is 128 Å². The fourth-order valence-corrected chi connectivity index (χ4v) is 7.14. The molecule has 0 aromatic carbocycles. The third-order valence-electron chi connectivity index (χ3n) is 10.0. The van der Waals surface area contributed by atoms with Crippen LogP contribution >= 0.6 is 7.82 Å². The van der Waals surface area contributed by atoms with Crippen LogP contribution in [0.4, 0.5) is 0 Å². The summed E-state index contributed by atoms with van der Waals surface area (Å²) >= 11 is 0. The van der Waals surface area contributed by atoms with E-state index < -0.39 is 26.5 Å². The first-order valence-electron chi connectivity index (χ1n) is 22.9. The monoisotopic (exact) mass is 802 g/mol. The molecule has 0 rings (SSSR count). The number of nitrogens with zero attached hydrogens (tertiary/aromatic N) is 1. The molecule has 0 radical (unpaired) electrons. The summed E-state index contributed by atoms with van der Waals surface area (Å²) in [6.45, 7) is 4.24. The van der Waals surface area contributed by atoms with Gasteiger partial charge in [0.2, 0.25) is 0 Å². The summed E-state index contributed by atoms with van der Waals surface area (Å²) in [5, 5.41) is 0. The van der Waals surface area contributed by atoms with E-state index >= 15 is 0 Å². The predicted molar refractivity (Wildman–Crippen MR) is 227 cm³/mol. The molecular formula is C45H88NO8P. The van der Waals surface area contributed by atoms with Crippen LogP contribution in [-0.4, -0.2) is 70.0 Å². The molecule has 55 heavy (non-hydrogen) atoms. The quantitative estimate of drug-likeness (QED) is 0.0197. The van der Waals surface area contributed by atoms with Crippen molar-refractivity contribution in [2.45, 2.75) is 219 Å². The van der Waals surface area contributed by atoms with Crippen LogP contribution in [0.15, 0.2) is 12.2 Å². The largest absolute Gasteiger partial charge is 0.756 e. The molecular weight excluding hydrogens is 713 g/mol. The van der Waals surface area contributed by atoms with Crippen LogP contribution in [0.3, 0.4) is 0 Å². The molecule has 0 aromatic rings. The maximum absolute atomic E-state index is 12.7. The minimum atomic E-state index is -4.62. The van der Waals surface area contributed by atoms with Gasteiger partial charge in [-0.1, -0.05) is 174 Å². The lowest BCUT2D eigenvalue weighted by Crippen LogP contribution is -2.37. The van der Waals surface area contributed by atoms with E-state index in [4.69, 9.17) is 18.5 Å². The normalized spacial score (nSPS) is 13.6. The first-order chi connectivity index (χ1) is 26.5. The van der Waals surface area contributed by atoms with Gasteiger partial charge < -0.3 is 27.9 Å². The summed E-state index contributed by atoms with van der Waals surface area (Å²) in [6.07, 6.45) is 39.4. The standard InChI is InChI=1S/C45H88NO8P/c1-6-8-10-12-14-16-18-20-22-24-26-28-30-32-34-36-38-45(48)54-43(42-53-55(49,50)52-40-39-46(3,4)5)41-51-44(47)37-35-33-31-29-27-25-23-21-19-17-15-13-11-9-7-2/h21,23,43H,6-20,22,24-42H2,1-5H3/b23-21-/t43-/m1/s1. The zero-order valence-corrected chi connectivity index (χ0v) is 37.5. The average molecular weight is 802 g/mol. The Morgan fingerprint density at radius 2 is 0.927 bits per heavy atom. The molecule has 0 aromatic heterocycles. The number of unbranched alkanes of at least 4 members (excludes halogenated alkanes) is 26. The third kappa shape index (κ3) is 42.2. The van der Waals surface area contributed by atoms with Gasteiger partial charge in [0.15, 0.2) is 6.10 Å². The summed E-state index contributed by atoms with van der Waals surface area (Å²) in [5.74, 6) is -0.833. The smallest absolute Gasteiger partial charge is 0.306 e. The maximum atomic E-state index is 12.7. The van der Waals surface area contributed by atoms with E-state index in [2.05, 4.69) is 26.0 Å². The van der Waals surface area contributed by atoms with E-state index in [0.29, 0.717) is 17.4 Å². The fourth-order valence-electron chi connectivity index (χ4n) is 6.41. The van der Waals surface area contributed by atoms with Crippen LogP contribution in [-0.2, 0) is 32.7 Å². The van der Waals surface area contributed by atoms with Crippen molar-refractivity contribution >= 4 is 19.8 Å². The molecule has 326 valence electrons. The van der Waals surface area contributed by atoms with Gasteiger partial charge in [0, 0.05) is 12.8 Å². The summed E-state index contributed by atoms with van der Waals surface area (Å²) in [7, 11) is 1.17. The summed E-state index contributed by atoms with van der Waals surface area (Å²) in [6, 6.07) is 0. The molecule has 9 nitrogen and oxygen atoms in total. The highest BCUT2D eigenvalue weighted by molar-refractivity contribution is 7.45. The molecule has 0 saturated heterocycles. The third-order valence-corrected chi connectivity index (χ3v) is 11.0. The molecule has 0 amide bonds. The van der Waals surface area contributed by atoms with Crippen molar-refractivity contribution in [2.75, 3.05) is 47.5 Å². The van der Waals surface area contributed by atoms with Crippen molar-refractivity contribution in [1.29, 1.82) is 0 Å². The van der Waals surface area contributed by atoms with Gasteiger partial charge in [-0.2, -0.15) is 0 Å². The van der Waals surface area contributed by atoms with Gasteiger partial charge in [0.1, 0.15) is 19.8 Å². The van der Waals surface area contributed by atoms with E-state index in [-0.39, 0.29) is 32.0 Å². The number of carbonyl (C=O) groups is 2. The molecule has 0 aliphatic rings. The Balaban J connectivity index is 4.32. The van der Waals surface area contributed by atoms with Crippen molar-refractivity contribution in [2.24, 2.45) is 0 Å². The van der Waals surface area contributed by atoms with Crippen LogP contribution < -0.4 is 4.89 Å². The lowest BCUT2D eigenvalue weighted by Gasteiger charge is -2.28. The minimum absolute atomic E-state index is 0.0288. The van der Waals surface area contributed by atoms with Gasteiger partial charge in [-0.05, 0) is 38.5 Å². The Hall–Kier alpha value is -1.25. The summed E-state index contributed by atoms with van der Waals surface area (Å²) in [5.41, 5.74) is 0. The number of hydrogen-bond donors (Lipinski definition) is 0. The van der Waals surface area contributed by atoms with Crippen LogP contribution in [0.2, 0.25) is 0 Å². The average Bonchev–Trinajstić information content (AvgIpc) is 3.13. The van der Waals surface area contributed by atoms with E-state index in [0.717, 1.165) is 51.4 Å². The van der Waals surface area contributed by atoms with Crippen molar-refractivity contribution < 1.29 is 42.1 Å². The van der Waals surface area contributed by atoms with Crippen molar-refractivity contribution in [3.05, 3.63) is 12.2 Å². The minimum Gasteiger partial charge on any atom is -0.756 e. The molecule has 0 heterocycles. The van der Waals surface area contributed by atoms with Crippen molar-refractivity contribution in [3.63, 3.8) is 0 Å². The number of quaternary nitrogens is 1. The number of hydrogen-bond acceptors (Lipinski definition) is 8. The zero-order chi connectivity index (χ0) is 40.7. The number of rotatable bonds is 42. The van der Waals surface area contributed by atoms with Crippen LogP contribution in [0.5, 0.6) is 0 Å². The molecule has 10 heteroatoms. The number of carbonyl (C=O) groups excluding carboxylic acids is 2. The highest BCUT2D eigenvalue weighted by atomic mass is 31.2. The van der Waals surface area contributed by atoms with Gasteiger partial charge in [0.25, 0.3) is 7.82 Å². The molecule has 2 atom stereocenters. The number of phosphoric ester groups is 1. The molecule has 1 unspecified atom stereocenters. The topological polar surface area (TPSA) is 111 Å². The number of likely N-dealkylation sites (N-methyl/N-ethyl adjacent to an activating group) is 1. The molecule has 0 aliphatic heterocycles. The number of ether oxygens (including phenoxy) is 2. The Bertz CT molecular complexity index is 954. The van der Waals surface area contributed by atoms with E-state index in [9.17, 15) is 19.0 Å². The Kier molecular flexibility index (Phi) is 37.4. The SMILES string of the molecule is CCCCCCCC/C=C\CCCCCCCC(=O)OC[C@H](COP(=O)([O-])OCC[N+](C)(C)C)OC(=O)CCCCCCCCCCCCCCCCCC. The van der Waals surface area contributed by atoms with Crippen LogP contribution in [0.1, 0.15) is 213 Å². The highest BCUT2D eigenvalue weighted by Gasteiger charge is 2.21. The van der Waals surface area contributed by atoms with Gasteiger partial charge in [0.05, 0.1) is 27.7 Å². The first-order valence-corrected chi connectivity index (χ1v) is 24.4. The van der Waals surface area contributed by atoms with Crippen LogP contribution in [0, 0.1) is 0 Å². The lowest BCUT2D eigenvalue weighted by atomic mass is 10.0. The van der Waals surface area contributed by atoms with Crippen LogP contribution in [0.25, 0.3) is 0 Å². The molecule has 0 aliphatic carbocycles. The van der Waals surface area contributed by atoms with Gasteiger partial charge in [-0.3, -0.25) is 14.2 Å². The van der Waals surface area contributed by atoms with Gasteiger partial charge in [-0.15, -0.1) is 0 Å². The second-order valence-electron chi connectivity index (χ2n) is 16.8. The Labute approximate surface area is 339 Å². The van der Waals surface area contributed by atoms with E-state index in [1.807, 2.05) is 21.1 Å². The van der Waals surface area contributed by atoms with E-state index in [1.54, 1.807) is 0 Å². The fraction of sp³-hybridized carbons (Fsp3) is 0.911. The number of allylic oxidation sites excluding steroid dienone is 2. The molecule has 0 bridgehead atoms. The zero-order valence-electron chi connectivity index (χ0n) is 36.6. The van der Waals surface area contributed by atoms with Crippen molar-refractivity contribution in [1.82, 2.24) is 0 Å². The van der Waals surface area contributed by atoms with Gasteiger partial charge >= 0.3 is 11.9 Å². The molecule has 0 spiro atoms. The number of esters is 2. The highest BCUT2D eigenvalue weighted by Crippen LogP contribution is 2.38. The molecule has 0 saturated carbocycles. The maximum Gasteiger partial charge on any atom is 0.306 e. The Morgan fingerprint density at radius 1 is 0.545 bits per heavy atom. The first kappa shape index (κ1) is 53.8.